The Morgan fingerprint density at radius 1 is 1.27 bits per heavy atom. The van der Waals surface area contributed by atoms with Gasteiger partial charge in [-0.3, -0.25) is 0 Å². The maximum Gasteiger partial charge on any atom is 0.0267 e. The zero-order valence-corrected chi connectivity index (χ0v) is 9.56. The molecule has 0 fully saturated rings. The van der Waals surface area contributed by atoms with Gasteiger partial charge < -0.3 is 0 Å². The lowest BCUT2D eigenvalue weighted by Crippen LogP contribution is -2.32. The number of aryl methyl sites for hydroxylation is 1. The van der Waals surface area contributed by atoms with Crippen LogP contribution in [0.4, 0.5) is 0 Å². The molecule has 0 aromatic heterocycles. The molecule has 2 heteroatoms. The number of halogens is 1. The second kappa shape index (κ2) is 3.80. The lowest BCUT2D eigenvalue weighted by Gasteiger charge is -2.35. The molecule has 1 N–H and O–H groups in total. The molecule has 0 radical (unpaired) electrons. The van der Waals surface area contributed by atoms with Crippen LogP contribution in [0, 0.1) is 0 Å². The topological polar surface area (TPSA) is 12.0 Å². The minimum atomic E-state index is 0.470. The van der Waals surface area contributed by atoms with Crippen molar-refractivity contribution in [2.75, 3.05) is 0 Å². The van der Waals surface area contributed by atoms with Gasteiger partial charge in [-0.2, -0.15) is 0 Å². The summed E-state index contributed by atoms with van der Waals surface area (Å²) in [4.78, 5) is 2.92. The fourth-order valence-corrected chi connectivity index (χ4v) is 3.45. The summed E-state index contributed by atoms with van der Waals surface area (Å²) in [6.45, 7) is 0. The molecule has 80 valence electrons. The van der Waals surface area contributed by atoms with Crippen molar-refractivity contribution in [2.24, 2.45) is 0 Å². The fourth-order valence-electron chi connectivity index (χ4n) is 3.28. The molecule has 0 spiro atoms. The molecule has 1 aromatic rings. The van der Waals surface area contributed by atoms with Gasteiger partial charge in [-0.1, -0.05) is 18.2 Å². The van der Waals surface area contributed by atoms with E-state index in [2.05, 4.69) is 23.0 Å². The number of hydrogen-bond donors (Lipinski definition) is 1. The Bertz CT molecular complexity index is 375. The van der Waals surface area contributed by atoms with Crippen molar-refractivity contribution in [1.82, 2.24) is 4.84 Å². The van der Waals surface area contributed by atoms with Gasteiger partial charge in [-0.25, -0.2) is 4.84 Å². The van der Waals surface area contributed by atoms with Gasteiger partial charge >= 0.3 is 0 Å². The number of benzene rings is 1. The van der Waals surface area contributed by atoms with E-state index in [-0.39, 0.29) is 0 Å². The Balaban J connectivity index is 2.06. The van der Waals surface area contributed by atoms with Crippen molar-refractivity contribution < 1.29 is 0 Å². The lowest BCUT2D eigenvalue weighted by molar-refractivity contribution is 0.421. The molecule has 0 saturated carbocycles. The standard InChI is InChI=1S/C13H16ClN/c14-15-12-7-10-5-1-3-9-4-2-6-11(8-12)13(9)10/h1,3,5,11-12,15H,2,4,6-8H2. The van der Waals surface area contributed by atoms with Crippen molar-refractivity contribution in [3.63, 3.8) is 0 Å². The molecule has 2 atom stereocenters. The van der Waals surface area contributed by atoms with Gasteiger partial charge in [0.05, 0.1) is 0 Å². The second-order valence-corrected chi connectivity index (χ2v) is 5.04. The van der Waals surface area contributed by atoms with Crippen molar-refractivity contribution in [3.05, 3.63) is 34.9 Å². The Hall–Kier alpha value is -0.530. The van der Waals surface area contributed by atoms with Crippen LogP contribution in [0.25, 0.3) is 0 Å². The normalized spacial score (nSPS) is 28.6. The fraction of sp³-hybridized carbons (Fsp3) is 0.538. The summed E-state index contributed by atoms with van der Waals surface area (Å²) in [5, 5.41) is 0. The van der Waals surface area contributed by atoms with Gasteiger partial charge in [-0.15, -0.1) is 0 Å². The Morgan fingerprint density at radius 3 is 3.00 bits per heavy atom. The Kier molecular flexibility index (Phi) is 2.45. The van der Waals surface area contributed by atoms with Crippen LogP contribution in [0.5, 0.6) is 0 Å². The van der Waals surface area contributed by atoms with E-state index >= 15 is 0 Å². The van der Waals surface area contributed by atoms with Gasteiger partial charge in [0.15, 0.2) is 0 Å². The molecule has 2 unspecified atom stereocenters. The monoisotopic (exact) mass is 221 g/mol. The van der Waals surface area contributed by atoms with Gasteiger partial charge in [0.1, 0.15) is 0 Å². The summed E-state index contributed by atoms with van der Waals surface area (Å²) in [5.74, 6) is 0.759. The molecule has 1 nitrogen and oxygen atoms in total. The summed E-state index contributed by atoms with van der Waals surface area (Å²) >= 11 is 5.78. The van der Waals surface area contributed by atoms with Crippen LogP contribution in [0.15, 0.2) is 18.2 Å². The van der Waals surface area contributed by atoms with Gasteiger partial charge in [0.2, 0.25) is 0 Å². The van der Waals surface area contributed by atoms with E-state index in [1.54, 1.807) is 11.1 Å². The molecule has 0 aliphatic heterocycles. The van der Waals surface area contributed by atoms with Crippen LogP contribution in [0.1, 0.15) is 41.9 Å². The molecule has 0 bridgehead atoms. The van der Waals surface area contributed by atoms with Crippen molar-refractivity contribution in [3.8, 4) is 0 Å². The van der Waals surface area contributed by atoms with Crippen LogP contribution in [0.3, 0.4) is 0 Å². The molecule has 0 saturated heterocycles. The van der Waals surface area contributed by atoms with Crippen LogP contribution in [0.2, 0.25) is 0 Å². The van der Waals surface area contributed by atoms with Crippen LogP contribution in [-0.2, 0) is 12.8 Å². The van der Waals surface area contributed by atoms with E-state index < -0.39 is 0 Å². The highest BCUT2D eigenvalue weighted by Crippen LogP contribution is 2.41. The largest absolute Gasteiger partial charge is 0.230 e. The van der Waals surface area contributed by atoms with E-state index in [1.165, 1.54) is 31.2 Å². The molecule has 0 heterocycles. The van der Waals surface area contributed by atoms with E-state index in [4.69, 9.17) is 11.8 Å². The third-order valence-corrected chi connectivity index (χ3v) is 4.19. The van der Waals surface area contributed by atoms with E-state index in [1.807, 2.05) is 0 Å². The summed E-state index contributed by atoms with van der Waals surface area (Å²) in [7, 11) is 0. The number of nitrogens with one attached hydrogen (secondary N) is 1. The first kappa shape index (κ1) is 9.68. The third-order valence-electron chi connectivity index (χ3n) is 3.88. The predicted octanol–water partition coefficient (Wildman–Crippen LogP) is 3.16. The maximum atomic E-state index is 5.78. The molecule has 2 aliphatic rings. The Morgan fingerprint density at radius 2 is 2.13 bits per heavy atom. The van der Waals surface area contributed by atoms with Gasteiger partial charge in [-0.05, 0) is 66.5 Å². The van der Waals surface area contributed by atoms with Crippen LogP contribution >= 0.6 is 11.8 Å². The van der Waals surface area contributed by atoms with Crippen LogP contribution in [-0.4, -0.2) is 6.04 Å². The van der Waals surface area contributed by atoms with E-state index in [9.17, 15) is 0 Å². The van der Waals surface area contributed by atoms with E-state index in [0.29, 0.717) is 6.04 Å². The zero-order valence-electron chi connectivity index (χ0n) is 8.80. The van der Waals surface area contributed by atoms with E-state index in [0.717, 1.165) is 12.3 Å². The minimum Gasteiger partial charge on any atom is -0.230 e. The number of hydrogen-bond acceptors (Lipinski definition) is 1. The third kappa shape index (κ3) is 1.58. The highest BCUT2D eigenvalue weighted by atomic mass is 35.5. The smallest absolute Gasteiger partial charge is 0.0267 e. The average molecular weight is 222 g/mol. The second-order valence-electron chi connectivity index (χ2n) is 4.82. The summed E-state index contributed by atoms with van der Waals surface area (Å²) in [5.41, 5.74) is 4.78. The van der Waals surface area contributed by atoms with Crippen LogP contribution < -0.4 is 4.84 Å². The molecular weight excluding hydrogens is 206 g/mol. The minimum absolute atomic E-state index is 0.470. The first-order valence-electron chi connectivity index (χ1n) is 5.85. The van der Waals surface area contributed by atoms with Gasteiger partial charge in [0, 0.05) is 6.04 Å². The molecule has 3 rings (SSSR count). The summed E-state index contributed by atoms with van der Waals surface area (Å²) in [6.07, 6.45) is 6.28. The SMILES string of the molecule is ClNC1Cc2cccc3c2C(CCC3)C1. The molecule has 15 heavy (non-hydrogen) atoms. The van der Waals surface area contributed by atoms with Crippen molar-refractivity contribution >= 4 is 11.8 Å². The molecule has 0 amide bonds. The summed E-state index contributed by atoms with van der Waals surface area (Å²) < 4.78 is 0. The highest BCUT2D eigenvalue weighted by Gasteiger charge is 2.30. The summed E-state index contributed by atoms with van der Waals surface area (Å²) in [6, 6.07) is 7.25. The zero-order chi connectivity index (χ0) is 10.3. The van der Waals surface area contributed by atoms with Gasteiger partial charge in [0.25, 0.3) is 0 Å². The first-order valence-corrected chi connectivity index (χ1v) is 6.23. The highest BCUT2D eigenvalue weighted by molar-refractivity contribution is 6.13. The van der Waals surface area contributed by atoms with Crippen molar-refractivity contribution in [2.45, 2.75) is 44.1 Å². The molecular formula is C13H16ClN. The average Bonchev–Trinajstić information content (AvgIpc) is 2.29. The number of rotatable bonds is 1. The predicted molar refractivity (Wildman–Crippen MR) is 63.2 cm³/mol. The molecule has 1 aromatic carbocycles. The molecule has 2 aliphatic carbocycles. The Labute approximate surface area is 95.9 Å². The lowest BCUT2D eigenvalue weighted by atomic mass is 9.72. The maximum absolute atomic E-state index is 5.78. The van der Waals surface area contributed by atoms with Crippen molar-refractivity contribution in [1.29, 1.82) is 0 Å². The first-order chi connectivity index (χ1) is 7.38. The quantitative estimate of drug-likeness (QED) is 0.719.